The lowest BCUT2D eigenvalue weighted by atomic mass is 9.92. The zero-order valence-corrected chi connectivity index (χ0v) is 12.2. The van der Waals surface area contributed by atoms with Gasteiger partial charge >= 0.3 is 0 Å². The summed E-state index contributed by atoms with van der Waals surface area (Å²) in [6, 6.07) is 14.7. The van der Waals surface area contributed by atoms with E-state index >= 15 is 0 Å². The smallest absolute Gasteiger partial charge is 0.248 e. The molecule has 0 saturated carbocycles. The van der Waals surface area contributed by atoms with E-state index in [-0.39, 0.29) is 5.91 Å². The molecule has 1 amide bonds. The maximum atomic E-state index is 12.4. The third-order valence-electron chi connectivity index (χ3n) is 3.22. The number of hydrogen-bond donors (Lipinski definition) is 2. The van der Waals surface area contributed by atoms with Crippen LogP contribution < -0.4 is 11.1 Å². The topological polar surface area (TPSA) is 55.1 Å². The van der Waals surface area contributed by atoms with Crippen LogP contribution in [-0.4, -0.2) is 5.91 Å². The van der Waals surface area contributed by atoms with E-state index in [1.54, 1.807) is 13.0 Å². The highest BCUT2D eigenvalue weighted by atomic mass is 35.5. The molecule has 1 atom stereocenters. The molecule has 0 aromatic heterocycles. The molecule has 0 saturated heterocycles. The predicted molar refractivity (Wildman–Crippen MR) is 82.8 cm³/mol. The number of amides is 1. The molecule has 2 aromatic rings. The zero-order valence-electron chi connectivity index (χ0n) is 11.5. The van der Waals surface area contributed by atoms with Crippen molar-refractivity contribution in [2.75, 3.05) is 5.32 Å². The zero-order chi connectivity index (χ0) is 14.8. The standard InChI is InChI=1S/C16H17ClN2O/c1-11-8-9-13(17)14(10-11)19-15(20)16(2,18)12-6-4-3-5-7-12/h3-10H,18H2,1-2H3,(H,19,20). The average Bonchev–Trinajstić information content (AvgIpc) is 2.43. The fourth-order valence-corrected chi connectivity index (χ4v) is 2.07. The second kappa shape index (κ2) is 5.65. The Balaban J connectivity index is 2.26. The first-order valence-electron chi connectivity index (χ1n) is 6.33. The third-order valence-corrected chi connectivity index (χ3v) is 3.54. The van der Waals surface area contributed by atoms with Crippen LogP contribution in [0, 0.1) is 6.92 Å². The molecule has 0 heterocycles. The van der Waals surface area contributed by atoms with E-state index in [0.29, 0.717) is 10.7 Å². The van der Waals surface area contributed by atoms with Crippen LogP contribution >= 0.6 is 11.6 Å². The van der Waals surface area contributed by atoms with Gasteiger partial charge in [-0.05, 0) is 37.1 Å². The number of rotatable bonds is 3. The summed E-state index contributed by atoms with van der Waals surface area (Å²) >= 11 is 6.08. The number of carbonyl (C=O) groups is 1. The van der Waals surface area contributed by atoms with Crippen molar-refractivity contribution in [1.29, 1.82) is 0 Å². The van der Waals surface area contributed by atoms with Crippen molar-refractivity contribution in [1.82, 2.24) is 0 Å². The third kappa shape index (κ3) is 3.00. The molecule has 0 radical (unpaired) electrons. The van der Waals surface area contributed by atoms with Crippen molar-refractivity contribution in [3.05, 3.63) is 64.7 Å². The van der Waals surface area contributed by atoms with E-state index in [1.165, 1.54) is 0 Å². The van der Waals surface area contributed by atoms with Gasteiger partial charge in [0.25, 0.3) is 0 Å². The minimum absolute atomic E-state index is 0.295. The number of nitrogens with two attached hydrogens (primary N) is 1. The van der Waals surface area contributed by atoms with E-state index < -0.39 is 5.54 Å². The number of halogens is 1. The molecule has 4 heteroatoms. The molecule has 2 aromatic carbocycles. The van der Waals surface area contributed by atoms with E-state index in [1.807, 2.05) is 49.4 Å². The van der Waals surface area contributed by atoms with E-state index in [0.717, 1.165) is 11.1 Å². The molecule has 3 N–H and O–H groups in total. The largest absolute Gasteiger partial charge is 0.323 e. The predicted octanol–water partition coefficient (Wildman–Crippen LogP) is 3.46. The maximum absolute atomic E-state index is 12.4. The number of benzene rings is 2. The summed E-state index contributed by atoms with van der Waals surface area (Å²) in [5.74, 6) is -0.295. The first-order valence-corrected chi connectivity index (χ1v) is 6.71. The van der Waals surface area contributed by atoms with Crippen molar-refractivity contribution in [3.8, 4) is 0 Å². The van der Waals surface area contributed by atoms with Gasteiger partial charge in [-0.25, -0.2) is 0 Å². The molecule has 0 aliphatic rings. The van der Waals surface area contributed by atoms with Crippen molar-refractivity contribution >= 4 is 23.2 Å². The number of aryl methyl sites for hydroxylation is 1. The lowest BCUT2D eigenvalue weighted by molar-refractivity contribution is -0.120. The molecule has 20 heavy (non-hydrogen) atoms. The number of carbonyl (C=O) groups excluding carboxylic acids is 1. The highest BCUT2D eigenvalue weighted by Gasteiger charge is 2.30. The molecule has 0 bridgehead atoms. The lowest BCUT2D eigenvalue weighted by Gasteiger charge is -2.24. The Labute approximate surface area is 123 Å². The second-order valence-electron chi connectivity index (χ2n) is 5.01. The second-order valence-corrected chi connectivity index (χ2v) is 5.41. The fraction of sp³-hybridized carbons (Fsp3) is 0.188. The van der Waals surface area contributed by atoms with Gasteiger partial charge in [-0.15, -0.1) is 0 Å². The molecule has 2 rings (SSSR count). The van der Waals surface area contributed by atoms with E-state index in [4.69, 9.17) is 17.3 Å². The Hall–Kier alpha value is -1.84. The normalized spacial score (nSPS) is 13.6. The lowest BCUT2D eigenvalue weighted by Crippen LogP contribution is -2.45. The van der Waals surface area contributed by atoms with Crippen molar-refractivity contribution in [2.45, 2.75) is 19.4 Å². The monoisotopic (exact) mass is 288 g/mol. The first-order chi connectivity index (χ1) is 9.41. The summed E-state index contributed by atoms with van der Waals surface area (Å²) in [6.45, 7) is 3.62. The Kier molecular flexibility index (Phi) is 4.12. The molecule has 104 valence electrons. The van der Waals surface area contributed by atoms with Crippen LogP contribution in [0.3, 0.4) is 0 Å². The summed E-state index contributed by atoms with van der Waals surface area (Å²) in [7, 11) is 0. The molecular weight excluding hydrogens is 272 g/mol. The summed E-state index contributed by atoms with van der Waals surface area (Å²) in [5, 5.41) is 3.29. The van der Waals surface area contributed by atoms with Gasteiger partial charge in [0.2, 0.25) is 5.91 Å². The van der Waals surface area contributed by atoms with Gasteiger partial charge in [0.15, 0.2) is 0 Å². The van der Waals surface area contributed by atoms with Gasteiger partial charge in [-0.1, -0.05) is 48.0 Å². The molecule has 0 spiro atoms. The summed E-state index contributed by atoms with van der Waals surface area (Å²) in [4.78, 5) is 12.4. The van der Waals surface area contributed by atoms with Gasteiger partial charge in [0.1, 0.15) is 5.54 Å². The number of anilines is 1. The molecule has 0 fully saturated rings. The number of hydrogen-bond acceptors (Lipinski definition) is 2. The highest BCUT2D eigenvalue weighted by molar-refractivity contribution is 6.33. The van der Waals surface area contributed by atoms with Crippen LogP contribution in [0.4, 0.5) is 5.69 Å². The van der Waals surface area contributed by atoms with Crippen LogP contribution in [0.5, 0.6) is 0 Å². The number of nitrogens with one attached hydrogen (secondary N) is 1. The van der Waals surface area contributed by atoms with Gasteiger partial charge in [-0.3, -0.25) is 4.79 Å². The van der Waals surface area contributed by atoms with Gasteiger partial charge in [-0.2, -0.15) is 0 Å². The van der Waals surface area contributed by atoms with Crippen LogP contribution in [-0.2, 0) is 10.3 Å². The van der Waals surface area contributed by atoms with E-state index in [2.05, 4.69) is 5.32 Å². The van der Waals surface area contributed by atoms with Gasteiger partial charge in [0.05, 0.1) is 10.7 Å². The molecule has 0 aliphatic heterocycles. The SMILES string of the molecule is Cc1ccc(Cl)c(NC(=O)C(C)(N)c2ccccc2)c1. The van der Waals surface area contributed by atoms with Crippen LogP contribution in [0.2, 0.25) is 5.02 Å². The van der Waals surface area contributed by atoms with Crippen LogP contribution in [0.1, 0.15) is 18.1 Å². The highest BCUT2D eigenvalue weighted by Crippen LogP contribution is 2.25. The summed E-state index contributed by atoms with van der Waals surface area (Å²) < 4.78 is 0. The summed E-state index contributed by atoms with van der Waals surface area (Å²) in [5.41, 5.74) is 7.39. The Bertz CT molecular complexity index is 624. The van der Waals surface area contributed by atoms with Gasteiger partial charge in [0, 0.05) is 0 Å². The average molecular weight is 289 g/mol. The van der Waals surface area contributed by atoms with Crippen molar-refractivity contribution in [3.63, 3.8) is 0 Å². The van der Waals surface area contributed by atoms with Crippen molar-refractivity contribution in [2.24, 2.45) is 5.73 Å². The Morgan fingerprint density at radius 2 is 1.85 bits per heavy atom. The minimum Gasteiger partial charge on any atom is -0.323 e. The van der Waals surface area contributed by atoms with Gasteiger partial charge < -0.3 is 11.1 Å². The molecule has 1 unspecified atom stereocenters. The Morgan fingerprint density at radius 3 is 2.50 bits per heavy atom. The fourth-order valence-electron chi connectivity index (χ4n) is 1.90. The first kappa shape index (κ1) is 14.6. The quantitative estimate of drug-likeness (QED) is 0.909. The molecule has 3 nitrogen and oxygen atoms in total. The molecular formula is C16H17ClN2O. The summed E-state index contributed by atoms with van der Waals surface area (Å²) in [6.07, 6.45) is 0. The Morgan fingerprint density at radius 1 is 1.20 bits per heavy atom. The van der Waals surface area contributed by atoms with Crippen molar-refractivity contribution < 1.29 is 4.79 Å². The van der Waals surface area contributed by atoms with Crippen LogP contribution in [0.15, 0.2) is 48.5 Å². The maximum Gasteiger partial charge on any atom is 0.248 e. The minimum atomic E-state index is -1.12. The van der Waals surface area contributed by atoms with Crippen LogP contribution in [0.25, 0.3) is 0 Å². The van der Waals surface area contributed by atoms with E-state index in [9.17, 15) is 4.79 Å². The molecule has 0 aliphatic carbocycles.